The van der Waals surface area contributed by atoms with E-state index in [2.05, 4.69) is 29.2 Å². The fourth-order valence-corrected chi connectivity index (χ4v) is 3.07. The second-order valence-corrected chi connectivity index (χ2v) is 6.06. The van der Waals surface area contributed by atoms with Gasteiger partial charge in [0, 0.05) is 39.4 Å². The van der Waals surface area contributed by atoms with E-state index in [1.807, 2.05) is 22.9 Å². The van der Waals surface area contributed by atoms with Gasteiger partial charge in [0.25, 0.3) is 0 Å². The van der Waals surface area contributed by atoms with Crippen molar-refractivity contribution in [2.45, 2.75) is 10.6 Å². The molecular weight excluding hydrogens is 302 g/mol. The fourth-order valence-electron chi connectivity index (χ4n) is 1.99. The third-order valence-electron chi connectivity index (χ3n) is 3.11. The molecule has 21 heavy (non-hydrogen) atoms. The normalized spacial score (nSPS) is 10.7. The number of benzene rings is 2. The second kappa shape index (κ2) is 6.24. The molecule has 0 saturated carbocycles. The van der Waals surface area contributed by atoms with Crippen LogP contribution in [0.2, 0.25) is 5.02 Å². The molecule has 0 aliphatic heterocycles. The zero-order chi connectivity index (χ0) is 14.7. The van der Waals surface area contributed by atoms with E-state index in [1.165, 1.54) is 5.56 Å². The zero-order valence-electron chi connectivity index (χ0n) is 11.2. The lowest BCUT2D eigenvalue weighted by molar-refractivity contribution is 1.05. The number of aromatic nitrogens is 2. The van der Waals surface area contributed by atoms with Crippen LogP contribution in [0.25, 0.3) is 5.69 Å². The van der Waals surface area contributed by atoms with Crippen molar-refractivity contribution in [3.8, 4) is 5.69 Å². The highest BCUT2D eigenvalue weighted by Crippen LogP contribution is 2.30. The van der Waals surface area contributed by atoms with Gasteiger partial charge in [0.05, 0.1) is 6.33 Å². The fraction of sp³-hybridized carbons (Fsp3) is 0.0625. The van der Waals surface area contributed by atoms with Gasteiger partial charge in [-0.25, -0.2) is 4.98 Å². The quantitative estimate of drug-likeness (QED) is 0.573. The Morgan fingerprint density at radius 1 is 1.14 bits per heavy atom. The van der Waals surface area contributed by atoms with E-state index in [9.17, 15) is 0 Å². The average Bonchev–Trinajstić information content (AvgIpc) is 3.01. The summed E-state index contributed by atoms with van der Waals surface area (Å²) >= 11 is 7.61. The molecule has 0 aliphatic rings. The molecule has 2 aromatic carbocycles. The van der Waals surface area contributed by atoms with Gasteiger partial charge in [0.1, 0.15) is 0 Å². The molecule has 5 heteroatoms. The van der Waals surface area contributed by atoms with Crippen LogP contribution in [0.3, 0.4) is 0 Å². The number of nitrogens with two attached hydrogens (primary N) is 1. The van der Waals surface area contributed by atoms with Crippen LogP contribution in [-0.4, -0.2) is 9.55 Å². The van der Waals surface area contributed by atoms with E-state index in [0.29, 0.717) is 5.02 Å². The number of hydrogen-bond acceptors (Lipinski definition) is 3. The number of nitrogens with zero attached hydrogens (tertiary/aromatic N) is 2. The summed E-state index contributed by atoms with van der Waals surface area (Å²) in [5.41, 5.74) is 9.04. The minimum absolute atomic E-state index is 0.668. The summed E-state index contributed by atoms with van der Waals surface area (Å²) in [6.07, 6.45) is 5.49. The number of anilines is 1. The first kappa shape index (κ1) is 14.0. The Hall–Kier alpha value is -1.91. The van der Waals surface area contributed by atoms with Gasteiger partial charge in [-0.05, 0) is 35.9 Å². The molecule has 0 bridgehead atoms. The molecule has 3 aromatic rings. The van der Waals surface area contributed by atoms with Crippen LogP contribution in [0.5, 0.6) is 0 Å². The maximum absolute atomic E-state index is 5.96. The Morgan fingerprint density at radius 2 is 1.95 bits per heavy atom. The third-order valence-corrected chi connectivity index (χ3v) is 4.50. The van der Waals surface area contributed by atoms with Crippen LogP contribution in [0.1, 0.15) is 5.56 Å². The van der Waals surface area contributed by atoms with Crippen molar-refractivity contribution < 1.29 is 0 Å². The molecule has 0 unspecified atom stereocenters. The first-order valence-corrected chi connectivity index (χ1v) is 7.84. The highest BCUT2D eigenvalue weighted by Gasteiger charge is 2.02. The molecule has 0 fully saturated rings. The van der Waals surface area contributed by atoms with E-state index in [0.717, 1.165) is 22.0 Å². The van der Waals surface area contributed by atoms with Crippen molar-refractivity contribution in [2.24, 2.45) is 0 Å². The number of nitrogen functional groups attached to an aromatic ring is 1. The largest absolute Gasteiger partial charge is 0.398 e. The Labute approximate surface area is 132 Å². The average molecular weight is 316 g/mol. The van der Waals surface area contributed by atoms with Crippen molar-refractivity contribution in [1.29, 1.82) is 0 Å². The molecule has 1 aromatic heterocycles. The molecule has 3 rings (SSSR count). The molecule has 2 N–H and O–H groups in total. The molecule has 0 atom stereocenters. The predicted octanol–water partition coefficient (Wildman–Crippen LogP) is 4.40. The summed E-state index contributed by atoms with van der Waals surface area (Å²) < 4.78 is 1.98. The minimum atomic E-state index is 0.668. The highest BCUT2D eigenvalue weighted by molar-refractivity contribution is 7.98. The van der Waals surface area contributed by atoms with Gasteiger partial charge in [0.15, 0.2) is 0 Å². The maximum Gasteiger partial charge on any atom is 0.0991 e. The van der Waals surface area contributed by atoms with Gasteiger partial charge in [-0.1, -0.05) is 23.7 Å². The summed E-state index contributed by atoms with van der Waals surface area (Å²) in [5, 5.41) is 0.668. The SMILES string of the molecule is Nc1cc(Cl)ccc1SCc1ccc(-n2ccnc2)cc1. The summed E-state index contributed by atoms with van der Waals surface area (Å²) in [4.78, 5) is 5.10. The van der Waals surface area contributed by atoms with Gasteiger partial charge < -0.3 is 10.3 Å². The monoisotopic (exact) mass is 315 g/mol. The van der Waals surface area contributed by atoms with Crippen molar-refractivity contribution >= 4 is 29.1 Å². The number of halogens is 1. The molecule has 0 aliphatic carbocycles. The number of rotatable bonds is 4. The van der Waals surface area contributed by atoms with Gasteiger partial charge in [0.2, 0.25) is 0 Å². The molecule has 1 heterocycles. The number of imidazole rings is 1. The van der Waals surface area contributed by atoms with Gasteiger partial charge in [-0.15, -0.1) is 11.8 Å². The summed E-state index contributed by atoms with van der Waals surface area (Å²) in [7, 11) is 0. The van der Waals surface area contributed by atoms with Crippen LogP contribution in [0, 0.1) is 0 Å². The van der Waals surface area contributed by atoms with Crippen LogP contribution in [0.15, 0.2) is 66.1 Å². The molecular formula is C16H14ClN3S. The molecule has 106 valence electrons. The summed E-state index contributed by atoms with van der Waals surface area (Å²) in [6, 6.07) is 14.0. The van der Waals surface area contributed by atoms with E-state index in [-0.39, 0.29) is 0 Å². The molecule has 0 radical (unpaired) electrons. The molecule has 0 saturated heterocycles. The van der Waals surface area contributed by atoms with E-state index in [4.69, 9.17) is 17.3 Å². The van der Waals surface area contributed by atoms with Gasteiger partial charge >= 0.3 is 0 Å². The van der Waals surface area contributed by atoms with E-state index in [1.54, 1.807) is 30.4 Å². The number of hydrogen-bond donors (Lipinski definition) is 1. The summed E-state index contributed by atoms with van der Waals surface area (Å²) in [6.45, 7) is 0. The lowest BCUT2D eigenvalue weighted by atomic mass is 10.2. The molecule has 0 amide bonds. The smallest absolute Gasteiger partial charge is 0.0991 e. The minimum Gasteiger partial charge on any atom is -0.398 e. The van der Waals surface area contributed by atoms with Crippen molar-refractivity contribution in [1.82, 2.24) is 9.55 Å². The van der Waals surface area contributed by atoms with Crippen molar-refractivity contribution in [2.75, 3.05) is 5.73 Å². The van der Waals surface area contributed by atoms with Crippen LogP contribution in [0.4, 0.5) is 5.69 Å². The van der Waals surface area contributed by atoms with Crippen LogP contribution >= 0.6 is 23.4 Å². The van der Waals surface area contributed by atoms with Gasteiger partial charge in [-0.2, -0.15) is 0 Å². The van der Waals surface area contributed by atoms with Gasteiger partial charge in [-0.3, -0.25) is 0 Å². The predicted molar refractivity (Wildman–Crippen MR) is 89.0 cm³/mol. The maximum atomic E-state index is 5.96. The Bertz CT molecular complexity index is 724. The Morgan fingerprint density at radius 3 is 2.62 bits per heavy atom. The second-order valence-electron chi connectivity index (χ2n) is 4.61. The first-order chi connectivity index (χ1) is 10.2. The van der Waals surface area contributed by atoms with E-state index < -0.39 is 0 Å². The van der Waals surface area contributed by atoms with E-state index >= 15 is 0 Å². The van der Waals surface area contributed by atoms with Crippen LogP contribution in [-0.2, 0) is 5.75 Å². The zero-order valence-corrected chi connectivity index (χ0v) is 12.8. The van der Waals surface area contributed by atoms with Crippen LogP contribution < -0.4 is 5.73 Å². The van der Waals surface area contributed by atoms with Crippen molar-refractivity contribution in [3.63, 3.8) is 0 Å². The molecule has 0 spiro atoms. The Kier molecular flexibility index (Phi) is 4.18. The lowest BCUT2D eigenvalue weighted by Crippen LogP contribution is -1.91. The lowest BCUT2D eigenvalue weighted by Gasteiger charge is -2.07. The Balaban J connectivity index is 1.68. The molecule has 3 nitrogen and oxygen atoms in total. The standard InChI is InChI=1S/C16H14ClN3S/c17-13-3-6-16(15(18)9-13)21-10-12-1-4-14(5-2-12)20-8-7-19-11-20/h1-9,11H,10,18H2. The highest BCUT2D eigenvalue weighted by atomic mass is 35.5. The third kappa shape index (κ3) is 3.40. The first-order valence-electron chi connectivity index (χ1n) is 6.47. The van der Waals surface area contributed by atoms with Crippen molar-refractivity contribution in [3.05, 3.63) is 71.8 Å². The topological polar surface area (TPSA) is 43.8 Å². The summed E-state index contributed by atoms with van der Waals surface area (Å²) in [5.74, 6) is 0.871. The number of thioether (sulfide) groups is 1.